The molecule has 0 bridgehead atoms. The van der Waals surface area contributed by atoms with Crippen LogP contribution in [0.4, 0.5) is 4.39 Å². The van der Waals surface area contributed by atoms with Gasteiger partial charge in [-0.2, -0.15) is 0 Å². The van der Waals surface area contributed by atoms with E-state index in [4.69, 9.17) is 9.47 Å². The Hall–Kier alpha value is -2.21. The van der Waals surface area contributed by atoms with Crippen LogP contribution in [0.15, 0.2) is 24.3 Å². The van der Waals surface area contributed by atoms with Crippen molar-refractivity contribution in [3.63, 3.8) is 0 Å². The number of hydrogen-bond acceptors (Lipinski definition) is 5. The van der Waals surface area contributed by atoms with Gasteiger partial charge in [0.25, 0.3) is 0 Å². The molecule has 2 rings (SSSR count). The van der Waals surface area contributed by atoms with Crippen LogP contribution in [0.1, 0.15) is 16.9 Å². The van der Waals surface area contributed by atoms with E-state index in [1.807, 2.05) is 0 Å². The molecule has 0 saturated carbocycles. The Bertz CT molecular complexity index is 645. The van der Waals surface area contributed by atoms with Crippen molar-refractivity contribution in [3.8, 4) is 5.75 Å². The van der Waals surface area contributed by atoms with Crippen LogP contribution in [-0.2, 0) is 9.47 Å². The van der Waals surface area contributed by atoms with Gasteiger partial charge in [0.15, 0.2) is 5.69 Å². The number of rotatable bonds is 6. The number of carbonyl (C=O) groups excluding carboxylic acids is 1. The van der Waals surface area contributed by atoms with Crippen molar-refractivity contribution in [2.45, 2.75) is 6.42 Å². The summed E-state index contributed by atoms with van der Waals surface area (Å²) < 4.78 is 28.6. The molecule has 0 spiro atoms. The maximum atomic E-state index is 13.4. The molecule has 0 aliphatic carbocycles. The van der Waals surface area contributed by atoms with E-state index in [-0.39, 0.29) is 5.69 Å². The van der Waals surface area contributed by atoms with Crippen LogP contribution in [0.3, 0.4) is 0 Å². The van der Waals surface area contributed by atoms with Crippen LogP contribution >= 0.6 is 0 Å². The van der Waals surface area contributed by atoms with Crippen molar-refractivity contribution in [1.82, 2.24) is 4.98 Å². The van der Waals surface area contributed by atoms with Crippen LogP contribution < -0.4 is 4.74 Å². The molecule has 0 unspecified atom stereocenters. The number of pyridine rings is 1. The molecule has 112 valence electrons. The fourth-order valence-corrected chi connectivity index (χ4v) is 1.88. The van der Waals surface area contributed by atoms with Gasteiger partial charge in [0, 0.05) is 31.6 Å². The second kappa shape index (κ2) is 6.99. The van der Waals surface area contributed by atoms with E-state index in [1.54, 1.807) is 7.11 Å². The van der Waals surface area contributed by atoms with Crippen molar-refractivity contribution < 1.29 is 23.4 Å². The number of methoxy groups -OCH3 is 2. The predicted molar refractivity (Wildman–Crippen MR) is 75.0 cm³/mol. The Kier molecular flexibility index (Phi) is 5.05. The van der Waals surface area contributed by atoms with Gasteiger partial charge in [0.05, 0.1) is 19.2 Å². The summed E-state index contributed by atoms with van der Waals surface area (Å²) in [5.74, 6) is -0.559. The van der Waals surface area contributed by atoms with Crippen molar-refractivity contribution in [2.75, 3.05) is 27.4 Å². The number of aromatic nitrogens is 1. The summed E-state index contributed by atoms with van der Waals surface area (Å²) in [6.07, 6.45) is 0.684. The summed E-state index contributed by atoms with van der Waals surface area (Å²) in [6, 6.07) is 5.57. The highest BCUT2D eigenvalue weighted by molar-refractivity contribution is 5.94. The zero-order valence-electron chi connectivity index (χ0n) is 11.9. The first kappa shape index (κ1) is 15.2. The van der Waals surface area contributed by atoms with Crippen LogP contribution in [0.25, 0.3) is 10.9 Å². The number of hydrogen-bond donors (Lipinski definition) is 0. The standard InChI is InChI=1S/C15H16FNO4/c1-19-6-3-7-21-14-9-13(15(18)20-2)17-12-5-4-10(16)8-11(12)14/h4-5,8-9H,3,6-7H2,1-2H3. The van der Waals surface area contributed by atoms with E-state index in [1.165, 1.54) is 31.4 Å². The SMILES string of the molecule is COCCCOc1cc(C(=O)OC)nc2ccc(F)cc12. The van der Waals surface area contributed by atoms with Gasteiger partial charge in [-0.25, -0.2) is 14.2 Å². The number of esters is 1. The van der Waals surface area contributed by atoms with E-state index in [9.17, 15) is 9.18 Å². The van der Waals surface area contributed by atoms with Gasteiger partial charge in [-0.15, -0.1) is 0 Å². The lowest BCUT2D eigenvalue weighted by Crippen LogP contribution is -2.07. The smallest absolute Gasteiger partial charge is 0.356 e. The molecule has 1 aromatic heterocycles. The third-order valence-corrected chi connectivity index (χ3v) is 2.88. The van der Waals surface area contributed by atoms with E-state index in [0.29, 0.717) is 36.3 Å². The summed E-state index contributed by atoms with van der Waals surface area (Å²) in [6.45, 7) is 0.950. The minimum absolute atomic E-state index is 0.123. The third-order valence-electron chi connectivity index (χ3n) is 2.88. The summed E-state index contributed by atoms with van der Waals surface area (Å²) in [5.41, 5.74) is 0.597. The average molecular weight is 293 g/mol. The van der Waals surface area contributed by atoms with Gasteiger partial charge < -0.3 is 14.2 Å². The van der Waals surface area contributed by atoms with Gasteiger partial charge >= 0.3 is 5.97 Å². The minimum Gasteiger partial charge on any atom is -0.493 e. The Morgan fingerprint density at radius 1 is 1.24 bits per heavy atom. The zero-order valence-corrected chi connectivity index (χ0v) is 11.9. The van der Waals surface area contributed by atoms with Crippen LogP contribution in [0.2, 0.25) is 0 Å². The van der Waals surface area contributed by atoms with Gasteiger partial charge in [0.1, 0.15) is 11.6 Å². The molecule has 0 amide bonds. The quantitative estimate of drug-likeness (QED) is 0.605. The number of ether oxygens (including phenoxy) is 3. The zero-order chi connectivity index (χ0) is 15.2. The van der Waals surface area contributed by atoms with E-state index >= 15 is 0 Å². The predicted octanol–water partition coefficient (Wildman–Crippen LogP) is 2.58. The first-order chi connectivity index (χ1) is 10.2. The van der Waals surface area contributed by atoms with Crippen molar-refractivity contribution in [2.24, 2.45) is 0 Å². The van der Waals surface area contributed by atoms with Gasteiger partial charge in [-0.1, -0.05) is 0 Å². The Labute approximate surface area is 121 Å². The second-order valence-corrected chi connectivity index (χ2v) is 4.35. The van der Waals surface area contributed by atoms with Crippen LogP contribution in [0.5, 0.6) is 5.75 Å². The molecule has 5 nitrogen and oxygen atoms in total. The maximum absolute atomic E-state index is 13.4. The van der Waals surface area contributed by atoms with Crippen molar-refractivity contribution in [3.05, 3.63) is 35.8 Å². The molecule has 0 aliphatic rings. The van der Waals surface area contributed by atoms with E-state index < -0.39 is 11.8 Å². The molecule has 1 aromatic carbocycles. The summed E-state index contributed by atoms with van der Waals surface area (Å²) in [5, 5.41) is 0.514. The van der Waals surface area contributed by atoms with E-state index in [2.05, 4.69) is 9.72 Å². The van der Waals surface area contributed by atoms with Crippen LogP contribution in [-0.4, -0.2) is 38.4 Å². The normalized spacial score (nSPS) is 10.6. The van der Waals surface area contributed by atoms with Gasteiger partial charge in [-0.3, -0.25) is 0 Å². The molecule has 2 aromatic rings. The molecule has 0 N–H and O–H groups in total. The molecule has 0 saturated heterocycles. The highest BCUT2D eigenvalue weighted by Gasteiger charge is 2.14. The molecule has 0 radical (unpaired) electrons. The number of carbonyl (C=O) groups is 1. The highest BCUT2D eigenvalue weighted by atomic mass is 19.1. The molecule has 21 heavy (non-hydrogen) atoms. The molecule has 1 heterocycles. The van der Waals surface area contributed by atoms with Gasteiger partial charge in [-0.05, 0) is 18.2 Å². The monoisotopic (exact) mass is 293 g/mol. The largest absolute Gasteiger partial charge is 0.493 e. The summed E-state index contributed by atoms with van der Waals surface area (Å²) >= 11 is 0. The molecular formula is C15H16FNO4. The van der Waals surface area contributed by atoms with E-state index in [0.717, 1.165) is 0 Å². The Morgan fingerprint density at radius 2 is 2.05 bits per heavy atom. The minimum atomic E-state index is -0.567. The maximum Gasteiger partial charge on any atom is 0.356 e. The van der Waals surface area contributed by atoms with Gasteiger partial charge in [0.2, 0.25) is 0 Å². The van der Waals surface area contributed by atoms with Crippen LogP contribution in [0, 0.1) is 5.82 Å². The topological polar surface area (TPSA) is 57.7 Å². The summed E-state index contributed by atoms with van der Waals surface area (Å²) in [4.78, 5) is 15.8. The molecule has 0 atom stereocenters. The number of halogens is 1. The molecular weight excluding hydrogens is 277 g/mol. The lowest BCUT2D eigenvalue weighted by atomic mass is 10.1. The third kappa shape index (κ3) is 3.66. The Morgan fingerprint density at radius 3 is 2.76 bits per heavy atom. The highest BCUT2D eigenvalue weighted by Crippen LogP contribution is 2.26. The fourth-order valence-electron chi connectivity index (χ4n) is 1.88. The lowest BCUT2D eigenvalue weighted by molar-refractivity contribution is 0.0594. The number of fused-ring (bicyclic) bond motifs is 1. The first-order valence-corrected chi connectivity index (χ1v) is 6.46. The summed E-state index contributed by atoms with van der Waals surface area (Å²) in [7, 11) is 2.88. The number of benzene rings is 1. The lowest BCUT2D eigenvalue weighted by Gasteiger charge is -2.10. The molecule has 6 heteroatoms. The fraction of sp³-hybridized carbons (Fsp3) is 0.333. The molecule has 0 aliphatic heterocycles. The molecule has 0 fully saturated rings. The van der Waals surface area contributed by atoms with Crippen molar-refractivity contribution >= 4 is 16.9 Å². The second-order valence-electron chi connectivity index (χ2n) is 4.35. The first-order valence-electron chi connectivity index (χ1n) is 6.46. The number of nitrogens with zero attached hydrogens (tertiary/aromatic N) is 1. The van der Waals surface area contributed by atoms with Crippen molar-refractivity contribution in [1.29, 1.82) is 0 Å². The average Bonchev–Trinajstić information content (AvgIpc) is 2.50. The Balaban J connectivity index is 2.38.